The molecule has 0 spiro atoms. The normalized spacial score (nSPS) is 11.1. The second kappa shape index (κ2) is 7.57. The first-order chi connectivity index (χ1) is 10.0. The maximum absolute atomic E-state index is 13.5. The van der Waals surface area contributed by atoms with E-state index in [-0.39, 0.29) is 0 Å². The van der Waals surface area contributed by atoms with Gasteiger partial charge in [-0.3, -0.25) is 0 Å². The van der Waals surface area contributed by atoms with E-state index in [1.165, 1.54) is 17.7 Å². The lowest BCUT2D eigenvalue weighted by atomic mass is 10.2. The van der Waals surface area contributed by atoms with E-state index >= 15 is 0 Å². The third-order valence-electron chi connectivity index (χ3n) is 3.05. The Bertz CT molecular complexity index is 582. The second-order valence-electron chi connectivity index (χ2n) is 5.20. The van der Waals surface area contributed by atoms with Crippen LogP contribution in [0.5, 0.6) is 0 Å². The van der Waals surface area contributed by atoms with Gasteiger partial charge in [-0.05, 0) is 29.3 Å². The van der Waals surface area contributed by atoms with E-state index in [9.17, 15) is 8.78 Å². The van der Waals surface area contributed by atoms with Gasteiger partial charge in [-0.15, -0.1) is 11.8 Å². The van der Waals surface area contributed by atoms with Gasteiger partial charge in [0.15, 0.2) is 0 Å². The highest BCUT2D eigenvalue weighted by Gasteiger charge is 2.04. The van der Waals surface area contributed by atoms with Crippen LogP contribution in [0.15, 0.2) is 47.4 Å². The second-order valence-corrected chi connectivity index (χ2v) is 6.25. The number of benzene rings is 2. The molecule has 2 aromatic rings. The Balaban J connectivity index is 1.91. The molecule has 0 aliphatic carbocycles. The third-order valence-corrected chi connectivity index (χ3v) is 4.11. The smallest absolute Gasteiger partial charge is 0.130 e. The van der Waals surface area contributed by atoms with E-state index in [2.05, 4.69) is 31.3 Å². The van der Waals surface area contributed by atoms with Crippen LogP contribution in [0.3, 0.4) is 0 Å². The molecule has 0 atom stereocenters. The fourth-order valence-electron chi connectivity index (χ4n) is 1.83. The van der Waals surface area contributed by atoms with Gasteiger partial charge in [0.2, 0.25) is 0 Å². The average molecular weight is 307 g/mol. The van der Waals surface area contributed by atoms with E-state index < -0.39 is 11.6 Å². The van der Waals surface area contributed by atoms with E-state index in [1.807, 2.05) is 12.1 Å². The van der Waals surface area contributed by atoms with Gasteiger partial charge < -0.3 is 5.32 Å². The van der Waals surface area contributed by atoms with E-state index in [0.717, 1.165) is 17.5 Å². The van der Waals surface area contributed by atoms with Crippen molar-refractivity contribution in [3.8, 4) is 0 Å². The average Bonchev–Trinajstić information content (AvgIpc) is 2.45. The Morgan fingerprint density at radius 1 is 1.05 bits per heavy atom. The van der Waals surface area contributed by atoms with Gasteiger partial charge >= 0.3 is 0 Å². The summed E-state index contributed by atoms with van der Waals surface area (Å²) >= 11 is 1.54. The van der Waals surface area contributed by atoms with Gasteiger partial charge in [-0.1, -0.05) is 32.0 Å². The Kier molecular flexibility index (Phi) is 5.76. The summed E-state index contributed by atoms with van der Waals surface area (Å²) in [5, 5.41) is 3.36. The molecular formula is C17H19F2NS. The topological polar surface area (TPSA) is 12.0 Å². The van der Waals surface area contributed by atoms with Crippen LogP contribution in [-0.4, -0.2) is 6.04 Å². The predicted octanol–water partition coefficient (Wildman–Crippen LogP) is 4.76. The first-order valence-corrected chi connectivity index (χ1v) is 7.92. The molecule has 0 aliphatic rings. The van der Waals surface area contributed by atoms with Crippen LogP contribution in [0, 0.1) is 11.6 Å². The van der Waals surface area contributed by atoms with Crippen LogP contribution in [0.25, 0.3) is 0 Å². The van der Waals surface area contributed by atoms with Gasteiger partial charge in [0.05, 0.1) is 0 Å². The largest absolute Gasteiger partial charge is 0.310 e. The standard InChI is InChI=1S/C17H19F2NS/c1-12(2)20-10-13-3-7-16(8-4-13)21-11-14-5-6-15(18)9-17(14)19/h3-9,12,20H,10-11H2,1-2H3. The highest BCUT2D eigenvalue weighted by Crippen LogP contribution is 2.24. The number of thioether (sulfide) groups is 1. The summed E-state index contributed by atoms with van der Waals surface area (Å²) in [7, 11) is 0. The molecule has 112 valence electrons. The predicted molar refractivity (Wildman–Crippen MR) is 84.3 cm³/mol. The molecule has 21 heavy (non-hydrogen) atoms. The summed E-state index contributed by atoms with van der Waals surface area (Å²) in [4.78, 5) is 1.08. The SMILES string of the molecule is CC(C)NCc1ccc(SCc2ccc(F)cc2F)cc1. The summed E-state index contributed by atoms with van der Waals surface area (Å²) in [6.07, 6.45) is 0. The fourth-order valence-corrected chi connectivity index (χ4v) is 2.71. The van der Waals surface area contributed by atoms with Crippen molar-refractivity contribution in [2.24, 2.45) is 0 Å². The molecule has 0 bridgehead atoms. The van der Waals surface area contributed by atoms with Crippen LogP contribution < -0.4 is 5.32 Å². The first-order valence-electron chi connectivity index (χ1n) is 6.93. The Morgan fingerprint density at radius 3 is 2.38 bits per heavy atom. The molecule has 0 radical (unpaired) electrons. The van der Waals surface area contributed by atoms with E-state index in [1.54, 1.807) is 11.8 Å². The number of rotatable bonds is 6. The van der Waals surface area contributed by atoms with Crippen molar-refractivity contribution >= 4 is 11.8 Å². The van der Waals surface area contributed by atoms with Crippen molar-refractivity contribution in [3.63, 3.8) is 0 Å². The molecule has 0 aromatic heterocycles. The lowest BCUT2D eigenvalue weighted by Crippen LogP contribution is -2.21. The molecule has 0 unspecified atom stereocenters. The highest BCUT2D eigenvalue weighted by atomic mass is 32.2. The van der Waals surface area contributed by atoms with Crippen molar-refractivity contribution < 1.29 is 8.78 Å². The van der Waals surface area contributed by atoms with Crippen LogP contribution in [-0.2, 0) is 12.3 Å². The summed E-state index contributed by atoms with van der Waals surface area (Å²) < 4.78 is 26.4. The van der Waals surface area contributed by atoms with E-state index in [4.69, 9.17) is 0 Å². The Morgan fingerprint density at radius 2 is 1.76 bits per heavy atom. The maximum Gasteiger partial charge on any atom is 0.130 e. The van der Waals surface area contributed by atoms with Gasteiger partial charge in [-0.2, -0.15) is 0 Å². The molecule has 0 aliphatic heterocycles. The monoisotopic (exact) mass is 307 g/mol. The Hall–Kier alpha value is -1.39. The molecule has 0 saturated heterocycles. The third kappa shape index (κ3) is 5.14. The van der Waals surface area contributed by atoms with Gasteiger partial charge in [0.1, 0.15) is 11.6 Å². The lowest BCUT2D eigenvalue weighted by molar-refractivity contribution is 0.576. The van der Waals surface area contributed by atoms with Crippen LogP contribution in [0.2, 0.25) is 0 Å². The summed E-state index contributed by atoms with van der Waals surface area (Å²) in [6.45, 7) is 5.07. The minimum absolute atomic E-state index is 0.459. The summed E-state index contributed by atoms with van der Waals surface area (Å²) in [5.74, 6) is -0.529. The summed E-state index contributed by atoms with van der Waals surface area (Å²) in [6, 6.07) is 12.4. The fraction of sp³-hybridized carbons (Fsp3) is 0.294. The van der Waals surface area contributed by atoms with Crippen molar-refractivity contribution in [2.45, 2.75) is 37.1 Å². The van der Waals surface area contributed by atoms with Crippen molar-refractivity contribution in [1.82, 2.24) is 5.32 Å². The molecule has 0 saturated carbocycles. The van der Waals surface area contributed by atoms with Crippen molar-refractivity contribution in [1.29, 1.82) is 0 Å². The maximum atomic E-state index is 13.5. The van der Waals surface area contributed by atoms with E-state index in [0.29, 0.717) is 17.4 Å². The van der Waals surface area contributed by atoms with Crippen LogP contribution in [0.4, 0.5) is 8.78 Å². The highest BCUT2D eigenvalue weighted by molar-refractivity contribution is 7.98. The number of nitrogens with one attached hydrogen (secondary N) is 1. The Labute approximate surface area is 128 Å². The minimum atomic E-state index is -0.539. The minimum Gasteiger partial charge on any atom is -0.310 e. The van der Waals surface area contributed by atoms with Crippen LogP contribution in [0.1, 0.15) is 25.0 Å². The van der Waals surface area contributed by atoms with Gasteiger partial charge in [-0.25, -0.2) is 8.78 Å². The molecular weight excluding hydrogens is 288 g/mol. The quantitative estimate of drug-likeness (QED) is 0.773. The molecule has 1 nitrogen and oxygen atoms in total. The zero-order chi connectivity index (χ0) is 15.2. The lowest BCUT2D eigenvalue weighted by Gasteiger charge is -2.09. The molecule has 0 amide bonds. The number of halogens is 2. The zero-order valence-electron chi connectivity index (χ0n) is 12.2. The number of hydrogen-bond donors (Lipinski definition) is 1. The molecule has 0 fully saturated rings. The molecule has 1 N–H and O–H groups in total. The molecule has 2 rings (SSSR count). The zero-order valence-corrected chi connectivity index (χ0v) is 13.0. The van der Waals surface area contributed by atoms with Crippen molar-refractivity contribution in [2.75, 3.05) is 0 Å². The number of hydrogen-bond acceptors (Lipinski definition) is 2. The van der Waals surface area contributed by atoms with Crippen LogP contribution >= 0.6 is 11.8 Å². The molecule has 2 aromatic carbocycles. The molecule has 0 heterocycles. The van der Waals surface area contributed by atoms with Gasteiger partial charge in [0, 0.05) is 29.3 Å². The van der Waals surface area contributed by atoms with Crippen molar-refractivity contribution in [3.05, 3.63) is 65.2 Å². The summed E-state index contributed by atoms with van der Waals surface area (Å²) in [5.41, 5.74) is 1.74. The molecule has 4 heteroatoms. The first kappa shape index (κ1) is 16.0. The van der Waals surface area contributed by atoms with Gasteiger partial charge in [0.25, 0.3) is 0 Å².